The van der Waals surface area contributed by atoms with Crippen LogP contribution in [0.3, 0.4) is 0 Å². The third-order valence-electron chi connectivity index (χ3n) is 6.80. The molecule has 22 heavy (non-hydrogen) atoms. The second kappa shape index (κ2) is 9.99. The van der Waals surface area contributed by atoms with Crippen molar-refractivity contribution >= 4 is 0 Å². The van der Waals surface area contributed by atoms with E-state index in [0.717, 1.165) is 29.6 Å². The van der Waals surface area contributed by atoms with Gasteiger partial charge in [-0.3, -0.25) is 0 Å². The molecular weight excluding hydrogens is 264 g/mol. The molecule has 0 nitrogen and oxygen atoms in total. The maximum Gasteiger partial charge on any atom is -0.0412 e. The number of rotatable bonds is 8. The number of hydrogen-bond donors (Lipinski definition) is 0. The molecule has 2 aliphatic carbocycles. The molecule has 0 N–H and O–H groups in total. The highest BCUT2D eigenvalue weighted by atomic mass is 14.3. The second-order valence-electron chi connectivity index (χ2n) is 8.93. The molecule has 2 saturated carbocycles. The molecule has 0 bridgehead atoms. The van der Waals surface area contributed by atoms with Gasteiger partial charge in [-0.1, -0.05) is 97.8 Å². The van der Waals surface area contributed by atoms with Crippen LogP contribution in [0.15, 0.2) is 0 Å². The molecular formula is C22H42. The monoisotopic (exact) mass is 306 g/mol. The van der Waals surface area contributed by atoms with Crippen molar-refractivity contribution in [2.75, 3.05) is 0 Å². The van der Waals surface area contributed by atoms with Gasteiger partial charge in [0.1, 0.15) is 0 Å². The molecule has 0 aromatic heterocycles. The Morgan fingerprint density at radius 2 is 0.909 bits per heavy atom. The first kappa shape index (κ1) is 18.3. The van der Waals surface area contributed by atoms with E-state index in [-0.39, 0.29) is 0 Å². The minimum absolute atomic E-state index is 0.987. The van der Waals surface area contributed by atoms with Crippen LogP contribution in [0.1, 0.15) is 111 Å². The molecule has 2 rings (SSSR count). The van der Waals surface area contributed by atoms with Gasteiger partial charge >= 0.3 is 0 Å². The summed E-state index contributed by atoms with van der Waals surface area (Å²) in [7, 11) is 0. The molecule has 0 aromatic carbocycles. The molecule has 0 radical (unpaired) electrons. The molecule has 2 fully saturated rings. The van der Waals surface area contributed by atoms with Crippen molar-refractivity contribution in [3.63, 3.8) is 0 Å². The van der Waals surface area contributed by atoms with Crippen molar-refractivity contribution in [2.24, 2.45) is 29.6 Å². The normalized spacial score (nSPS) is 34.5. The third kappa shape index (κ3) is 6.25. The predicted molar refractivity (Wildman–Crippen MR) is 99.1 cm³/mol. The van der Waals surface area contributed by atoms with Crippen molar-refractivity contribution in [1.82, 2.24) is 0 Å². The van der Waals surface area contributed by atoms with Gasteiger partial charge < -0.3 is 0 Å². The zero-order valence-corrected chi connectivity index (χ0v) is 15.8. The van der Waals surface area contributed by atoms with E-state index in [4.69, 9.17) is 0 Å². The lowest BCUT2D eigenvalue weighted by Crippen LogP contribution is -2.20. The Balaban J connectivity index is 1.59. The Hall–Kier alpha value is 0. The highest BCUT2D eigenvalue weighted by Gasteiger charge is 2.25. The summed E-state index contributed by atoms with van der Waals surface area (Å²) in [5, 5.41) is 0. The van der Waals surface area contributed by atoms with Gasteiger partial charge in [-0.05, 0) is 42.4 Å². The summed E-state index contributed by atoms with van der Waals surface area (Å²) in [4.78, 5) is 0. The summed E-state index contributed by atoms with van der Waals surface area (Å²) >= 11 is 0. The van der Waals surface area contributed by atoms with Gasteiger partial charge in [-0.2, -0.15) is 0 Å². The van der Waals surface area contributed by atoms with E-state index in [2.05, 4.69) is 20.8 Å². The smallest absolute Gasteiger partial charge is 0.0412 e. The van der Waals surface area contributed by atoms with E-state index >= 15 is 0 Å². The van der Waals surface area contributed by atoms with Crippen molar-refractivity contribution in [2.45, 2.75) is 111 Å². The van der Waals surface area contributed by atoms with Crippen LogP contribution in [0.25, 0.3) is 0 Å². The fourth-order valence-corrected chi connectivity index (χ4v) is 5.56. The van der Waals surface area contributed by atoms with Crippen LogP contribution in [0.5, 0.6) is 0 Å². The quantitative estimate of drug-likeness (QED) is 0.432. The largest absolute Gasteiger partial charge is 0.0654 e. The van der Waals surface area contributed by atoms with Crippen molar-refractivity contribution in [1.29, 1.82) is 0 Å². The van der Waals surface area contributed by atoms with Gasteiger partial charge in [0.2, 0.25) is 0 Å². The third-order valence-corrected chi connectivity index (χ3v) is 6.80. The highest BCUT2D eigenvalue weighted by Crippen LogP contribution is 2.39. The number of hydrogen-bond acceptors (Lipinski definition) is 0. The molecule has 0 heterocycles. The molecule has 0 aliphatic heterocycles. The Labute approximate surface area is 140 Å². The lowest BCUT2D eigenvalue weighted by atomic mass is 9.73. The minimum atomic E-state index is 0.987. The maximum absolute atomic E-state index is 2.55. The molecule has 0 aromatic rings. The Morgan fingerprint density at radius 1 is 0.591 bits per heavy atom. The summed E-state index contributed by atoms with van der Waals surface area (Å²) in [5.41, 5.74) is 0. The molecule has 0 unspecified atom stereocenters. The predicted octanol–water partition coefficient (Wildman–Crippen LogP) is 7.62. The van der Waals surface area contributed by atoms with E-state index < -0.39 is 0 Å². The average Bonchev–Trinajstić information content (AvgIpc) is 2.52. The van der Waals surface area contributed by atoms with E-state index in [1.807, 2.05) is 0 Å². The average molecular weight is 307 g/mol. The first-order valence-corrected chi connectivity index (χ1v) is 10.7. The summed E-state index contributed by atoms with van der Waals surface area (Å²) in [5.74, 6) is 5.27. The van der Waals surface area contributed by atoms with Crippen molar-refractivity contribution in [3.05, 3.63) is 0 Å². The van der Waals surface area contributed by atoms with Crippen LogP contribution >= 0.6 is 0 Å². The van der Waals surface area contributed by atoms with Gasteiger partial charge in [0.05, 0.1) is 0 Å². The first-order chi connectivity index (χ1) is 10.7. The lowest BCUT2D eigenvalue weighted by Gasteiger charge is -2.33. The Morgan fingerprint density at radius 3 is 1.23 bits per heavy atom. The topological polar surface area (TPSA) is 0 Å². The van der Waals surface area contributed by atoms with E-state index in [0.29, 0.717) is 0 Å². The van der Waals surface area contributed by atoms with E-state index in [9.17, 15) is 0 Å². The van der Waals surface area contributed by atoms with Crippen LogP contribution in [-0.2, 0) is 0 Å². The van der Waals surface area contributed by atoms with Crippen LogP contribution in [0.4, 0.5) is 0 Å². The van der Waals surface area contributed by atoms with Gasteiger partial charge in [-0.25, -0.2) is 0 Å². The SMILES string of the molecule is CCCC1CCC(CC(C)CC2CCC(CCC)CC2)CC1. The molecule has 0 saturated heterocycles. The van der Waals surface area contributed by atoms with Gasteiger partial charge in [0.25, 0.3) is 0 Å². The van der Waals surface area contributed by atoms with Gasteiger partial charge in [-0.15, -0.1) is 0 Å². The molecule has 2 aliphatic rings. The zero-order chi connectivity index (χ0) is 15.8. The second-order valence-corrected chi connectivity index (χ2v) is 8.93. The zero-order valence-electron chi connectivity index (χ0n) is 15.8. The molecule has 130 valence electrons. The highest BCUT2D eigenvalue weighted by molar-refractivity contribution is 4.77. The fraction of sp³-hybridized carbons (Fsp3) is 1.00. The maximum atomic E-state index is 2.55. The molecule has 0 heteroatoms. The summed E-state index contributed by atoms with van der Waals surface area (Å²) < 4.78 is 0. The van der Waals surface area contributed by atoms with Crippen LogP contribution in [-0.4, -0.2) is 0 Å². The lowest BCUT2D eigenvalue weighted by molar-refractivity contribution is 0.193. The summed E-state index contributed by atoms with van der Waals surface area (Å²) in [6, 6.07) is 0. The van der Waals surface area contributed by atoms with Crippen LogP contribution in [0.2, 0.25) is 0 Å². The molecule has 0 spiro atoms. The fourth-order valence-electron chi connectivity index (χ4n) is 5.56. The van der Waals surface area contributed by atoms with Crippen LogP contribution < -0.4 is 0 Å². The van der Waals surface area contributed by atoms with Gasteiger partial charge in [0, 0.05) is 0 Å². The molecule has 0 atom stereocenters. The van der Waals surface area contributed by atoms with E-state index in [1.54, 1.807) is 0 Å². The minimum Gasteiger partial charge on any atom is -0.0654 e. The van der Waals surface area contributed by atoms with Crippen molar-refractivity contribution < 1.29 is 0 Å². The standard InChI is InChI=1S/C22H42/c1-4-6-19-8-12-21(13-9-19)16-18(3)17-22-14-10-20(7-5-2)11-15-22/h18-22H,4-17H2,1-3H3. The van der Waals surface area contributed by atoms with Crippen molar-refractivity contribution in [3.8, 4) is 0 Å². The Bertz CT molecular complexity index is 238. The first-order valence-electron chi connectivity index (χ1n) is 10.7. The van der Waals surface area contributed by atoms with Gasteiger partial charge in [0.15, 0.2) is 0 Å². The van der Waals surface area contributed by atoms with E-state index in [1.165, 1.54) is 89.9 Å². The summed E-state index contributed by atoms with van der Waals surface area (Å²) in [6.07, 6.45) is 21.1. The van der Waals surface area contributed by atoms with Crippen LogP contribution in [0, 0.1) is 29.6 Å². The summed E-state index contributed by atoms with van der Waals surface area (Å²) in [6.45, 7) is 7.25. The Kier molecular flexibility index (Phi) is 8.33. The molecule has 0 amide bonds.